The fourth-order valence-electron chi connectivity index (χ4n) is 2.68. The summed E-state index contributed by atoms with van der Waals surface area (Å²) in [4.78, 5) is 2.01. The molecule has 1 fully saturated rings. The Morgan fingerprint density at radius 3 is 2.95 bits per heavy atom. The van der Waals surface area contributed by atoms with E-state index >= 15 is 0 Å². The van der Waals surface area contributed by atoms with E-state index in [0.29, 0.717) is 18.2 Å². The molecule has 1 aliphatic rings. The molecule has 0 aromatic heterocycles. The van der Waals surface area contributed by atoms with Crippen LogP contribution in [0.4, 0.5) is 10.1 Å². The molecule has 0 spiro atoms. The van der Waals surface area contributed by atoms with Crippen molar-refractivity contribution in [2.75, 3.05) is 38.3 Å². The highest BCUT2D eigenvalue weighted by Crippen LogP contribution is 2.22. The SMILES string of the molecule is CCNCc1ccc(N(C)CC2CCCOC2)c(F)c1. The standard InChI is InChI=1S/C16H25FN2O/c1-3-18-10-13-6-7-16(15(17)9-13)19(2)11-14-5-4-8-20-12-14/h6-7,9,14,18H,3-5,8,10-12H2,1-2H3. The molecule has 4 heteroatoms. The minimum Gasteiger partial charge on any atom is -0.381 e. The third kappa shape index (κ3) is 4.18. The summed E-state index contributed by atoms with van der Waals surface area (Å²) in [6.45, 7) is 6.17. The van der Waals surface area contributed by atoms with Gasteiger partial charge in [-0.25, -0.2) is 4.39 Å². The highest BCUT2D eigenvalue weighted by Gasteiger charge is 2.17. The maximum atomic E-state index is 14.2. The van der Waals surface area contributed by atoms with Crippen molar-refractivity contribution in [2.45, 2.75) is 26.3 Å². The van der Waals surface area contributed by atoms with Crippen molar-refractivity contribution >= 4 is 5.69 Å². The Morgan fingerprint density at radius 1 is 1.45 bits per heavy atom. The number of nitrogens with one attached hydrogen (secondary N) is 1. The predicted octanol–water partition coefficient (Wildman–Crippen LogP) is 2.80. The van der Waals surface area contributed by atoms with Gasteiger partial charge in [-0.2, -0.15) is 0 Å². The van der Waals surface area contributed by atoms with Crippen LogP contribution >= 0.6 is 0 Å². The van der Waals surface area contributed by atoms with Crippen LogP contribution in [0, 0.1) is 11.7 Å². The summed E-state index contributed by atoms with van der Waals surface area (Å²) in [6, 6.07) is 5.51. The molecule has 1 aromatic carbocycles. The Kier molecular flexibility index (Phi) is 5.80. The summed E-state index contributed by atoms with van der Waals surface area (Å²) in [6.07, 6.45) is 2.28. The molecule has 1 atom stereocenters. The summed E-state index contributed by atoms with van der Waals surface area (Å²) in [5, 5.41) is 3.21. The highest BCUT2D eigenvalue weighted by atomic mass is 19.1. The van der Waals surface area contributed by atoms with Crippen molar-refractivity contribution in [1.29, 1.82) is 0 Å². The number of rotatable bonds is 6. The molecule has 3 nitrogen and oxygen atoms in total. The summed E-state index contributed by atoms with van der Waals surface area (Å²) in [5.74, 6) is 0.370. The zero-order valence-electron chi connectivity index (χ0n) is 12.5. The molecule has 1 heterocycles. The minimum absolute atomic E-state index is 0.139. The van der Waals surface area contributed by atoms with Crippen molar-refractivity contribution in [2.24, 2.45) is 5.92 Å². The molecular formula is C16H25FN2O. The first-order valence-corrected chi connectivity index (χ1v) is 7.48. The van der Waals surface area contributed by atoms with Gasteiger partial charge in [0.15, 0.2) is 0 Å². The summed E-state index contributed by atoms with van der Waals surface area (Å²) < 4.78 is 19.7. The number of benzene rings is 1. The number of nitrogens with zero attached hydrogens (tertiary/aromatic N) is 1. The van der Waals surface area contributed by atoms with Crippen LogP contribution < -0.4 is 10.2 Å². The Labute approximate surface area is 121 Å². The molecule has 1 saturated heterocycles. The number of ether oxygens (including phenoxy) is 1. The lowest BCUT2D eigenvalue weighted by Gasteiger charge is -2.28. The van der Waals surface area contributed by atoms with Crippen molar-refractivity contribution in [3.8, 4) is 0 Å². The third-order valence-electron chi connectivity index (χ3n) is 3.79. The lowest BCUT2D eigenvalue weighted by atomic mass is 10.0. The second kappa shape index (κ2) is 7.60. The molecule has 0 saturated carbocycles. The van der Waals surface area contributed by atoms with Gasteiger partial charge in [0.25, 0.3) is 0 Å². The van der Waals surface area contributed by atoms with E-state index in [1.807, 2.05) is 31.0 Å². The molecule has 1 N–H and O–H groups in total. The van der Waals surface area contributed by atoms with E-state index in [1.54, 1.807) is 6.07 Å². The fourth-order valence-corrected chi connectivity index (χ4v) is 2.68. The van der Waals surface area contributed by atoms with E-state index < -0.39 is 0 Å². The molecule has 1 unspecified atom stereocenters. The lowest BCUT2D eigenvalue weighted by Crippen LogP contribution is -2.31. The maximum absolute atomic E-state index is 14.2. The smallest absolute Gasteiger partial charge is 0.146 e. The Bertz CT molecular complexity index is 419. The Morgan fingerprint density at radius 2 is 2.30 bits per heavy atom. The minimum atomic E-state index is -0.139. The van der Waals surface area contributed by atoms with Crippen molar-refractivity contribution in [1.82, 2.24) is 5.32 Å². The van der Waals surface area contributed by atoms with Crippen LogP contribution in [0.3, 0.4) is 0 Å². The average molecular weight is 280 g/mol. The monoisotopic (exact) mass is 280 g/mol. The number of hydrogen-bond donors (Lipinski definition) is 1. The van der Waals surface area contributed by atoms with Crippen molar-refractivity contribution in [3.63, 3.8) is 0 Å². The quantitative estimate of drug-likeness (QED) is 0.867. The lowest BCUT2D eigenvalue weighted by molar-refractivity contribution is 0.0576. The van der Waals surface area contributed by atoms with Gasteiger partial charge in [-0.15, -0.1) is 0 Å². The molecule has 2 rings (SSSR count). The molecule has 0 bridgehead atoms. The van der Waals surface area contributed by atoms with E-state index in [1.165, 1.54) is 6.42 Å². The topological polar surface area (TPSA) is 24.5 Å². The molecule has 0 radical (unpaired) electrons. The van der Waals surface area contributed by atoms with E-state index in [-0.39, 0.29) is 5.82 Å². The Balaban J connectivity index is 1.96. The zero-order chi connectivity index (χ0) is 14.4. The third-order valence-corrected chi connectivity index (χ3v) is 3.79. The second-order valence-corrected chi connectivity index (χ2v) is 5.53. The molecular weight excluding hydrogens is 255 g/mol. The first-order valence-electron chi connectivity index (χ1n) is 7.48. The van der Waals surface area contributed by atoms with Gasteiger partial charge in [0.2, 0.25) is 0 Å². The predicted molar refractivity (Wildman–Crippen MR) is 80.6 cm³/mol. The molecule has 112 valence electrons. The molecule has 0 amide bonds. The highest BCUT2D eigenvalue weighted by molar-refractivity contribution is 5.48. The van der Waals surface area contributed by atoms with Crippen LogP contribution in [0.5, 0.6) is 0 Å². The summed E-state index contributed by atoms with van der Waals surface area (Å²) in [5.41, 5.74) is 1.67. The van der Waals surface area contributed by atoms with Gasteiger partial charge in [-0.3, -0.25) is 0 Å². The van der Waals surface area contributed by atoms with Gasteiger partial charge < -0.3 is 15.0 Å². The molecule has 1 aromatic rings. The van der Waals surface area contributed by atoms with Crippen LogP contribution in [-0.4, -0.2) is 33.4 Å². The molecule has 20 heavy (non-hydrogen) atoms. The van der Waals surface area contributed by atoms with Crippen LogP contribution in [0.2, 0.25) is 0 Å². The molecule has 1 aliphatic heterocycles. The fraction of sp³-hybridized carbons (Fsp3) is 0.625. The van der Waals surface area contributed by atoms with Gasteiger partial charge in [-0.05, 0) is 43.0 Å². The van der Waals surface area contributed by atoms with Crippen molar-refractivity contribution in [3.05, 3.63) is 29.6 Å². The van der Waals surface area contributed by atoms with E-state index in [0.717, 1.165) is 38.3 Å². The van der Waals surface area contributed by atoms with Gasteiger partial charge in [0.05, 0.1) is 12.3 Å². The first kappa shape index (κ1) is 15.3. The van der Waals surface area contributed by atoms with E-state index in [9.17, 15) is 4.39 Å². The maximum Gasteiger partial charge on any atom is 0.146 e. The number of anilines is 1. The summed E-state index contributed by atoms with van der Waals surface area (Å²) >= 11 is 0. The number of hydrogen-bond acceptors (Lipinski definition) is 3. The van der Waals surface area contributed by atoms with Gasteiger partial charge in [0, 0.05) is 26.7 Å². The van der Waals surface area contributed by atoms with Crippen LogP contribution in [0.25, 0.3) is 0 Å². The van der Waals surface area contributed by atoms with Gasteiger partial charge in [0.1, 0.15) is 5.82 Å². The van der Waals surface area contributed by atoms with Crippen LogP contribution in [-0.2, 0) is 11.3 Å². The zero-order valence-corrected chi connectivity index (χ0v) is 12.5. The second-order valence-electron chi connectivity index (χ2n) is 5.53. The van der Waals surface area contributed by atoms with Gasteiger partial charge >= 0.3 is 0 Å². The Hall–Kier alpha value is -1.13. The summed E-state index contributed by atoms with van der Waals surface area (Å²) in [7, 11) is 1.96. The van der Waals surface area contributed by atoms with Crippen LogP contribution in [0.15, 0.2) is 18.2 Å². The first-order chi connectivity index (χ1) is 9.70. The van der Waals surface area contributed by atoms with Crippen LogP contribution in [0.1, 0.15) is 25.3 Å². The van der Waals surface area contributed by atoms with Crippen molar-refractivity contribution < 1.29 is 9.13 Å². The largest absolute Gasteiger partial charge is 0.381 e. The normalized spacial score (nSPS) is 19.1. The molecule has 0 aliphatic carbocycles. The number of halogens is 1. The van der Waals surface area contributed by atoms with E-state index in [2.05, 4.69) is 5.32 Å². The average Bonchev–Trinajstić information content (AvgIpc) is 2.46. The van der Waals surface area contributed by atoms with Gasteiger partial charge in [-0.1, -0.05) is 13.0 Å². The van der Waals surface area contributed by atoms with E-state index in [4.69, 9.17) is 4.74 Å².